The molecule has 3 nitrogen and oxygen atoms in total. The van der Waals surface area contributed by atoms with Crippen LogP contribution in [-0.4, -0.2) is 22.3 Å². The van der Waals surface area contributed by atoms with Crippen LogP contribution in [0.5, 0.6) is 0 Å². The quantitative estimate of drug-likeness (QED) is 0.636. The molecule has 0 bridgehead atoms. The number of hydrogen-bond donors (Lipinski definition) is 0. The molecule has 0 aliphatic carbocycles. The third kappa shape index (κ3) is 3.81. The van der Waals surface area contributed by atoms with Crippen LogP contribution in [0, 0.1) is 12.7 Å². The zero-order chi connectivity index (χ0) is 19.5. The van der Waals surface area contributed by atoms with Crippen molar-refractivity contribution in [3.63, 3.8) is 0 Å². The fourth-order valence-electron chi connectivity index (χ4n) is 3.94. The molecule has 0 spiro atoms. The molecular weight excluding hydrogens is 351 g/mol. The van der Waals surface area contributed by atoms with Crippen molar-refractivity contribution >= 4 is 5.91 Å². The van der Waals surface area contributed by atoms with Crippen LogP contribution in [0.25, 0.3) is 11.1 Å². The third-order valence-corrected chi connectivity index (χ3v) is 5.29. The monoisotopic (exact) mass is 374 g/mol. The second-order valence-electron chi connectivity index (χ2n) is 7.30. The lowest BCUT2D eigenvalue weighted by molar-refractivity contribution is -0.131. The molecule has 0 radical (unpaired) electrons. The summed E-state index contributed by atoms with van der Waals surface area (Å²) < 4.78 is 14.0. The molecule has 4 rings (SSSR count). The van der Waals surface area contributed by atoms with E-state index in [9.17, 15) is 9.18 Å². The van der Waals surface area contributed by atoms with E-state index in [1.807, 2.05) is 30.0 Å². The van der Waals surface area contributed by atoms with Gasteiger partial charge in [0, 0.05) is 12.2 Å². The van der Waals surface area contributed by atoms with Crippen LogP contribution in [0.3, 0.4) is 0 Å². The number of carbonyl (C=O) groups excluding carboxylic acids is 1. The molecule has 1 amide bonds. The molecule has 28 heavy (non-hydrogen) atoms. The molecule has 142 valence electrons. The molecule has 4 heteroatoms. The van der Waals surface area contributed by atoms with Crippen molar-refractivity contribution in [3.8, 4) is 11.1 Å². The molecule has 3 aromatic rings. The maximum absolute atomic E-state index is 14.0. The van der Waals surface area contributed by atoms with Crippen LogP contribution in [0.2, 0.25) is 0 Å². The van der Waals surface area contributed by atoms with Crippen LogP contribution < -0.4 is 0 Å². The predicted molar refractivity (Wildman–Crippen MR) is 108 cm³/mol. The van der Waals surface area contributed by atoms with Crippen molar-refractivity contribution in [1.82, 2.24) is 9.88 Å². The maximum Gasteiger partial charge on any atom is 0.227 e. The molecule has 0 unspecified atom stereocenters. The van der Waals surface area contributed by atoms with Crippen LogP contribution >= 0.6 is 0 Å². The maximum atomic E-state index is 14.0. The molecule has 0 N–H and O–H groups in total. The lowest BCUT2D eigenvalue weighted by atomic mass is 10.0. The Morgan fingerprint density at radius 2 is 1.82 bits per heavy atom. The Hall–Kier alpha value is -3.01. The van der Waals surface area contributed by atoms with Gasteiger partial charge in [-0.2, -0.15) is 0 Å². The number of aromatic nitrogens is 1. The van der Waals surface area contributed by atoms with Gasteiger partial charge in [-0.25, -0.2) is 4.39 Å². The average molecular weight is 374 g/mol. The Labute approximate surface area is 164 Å². The van der Waals surface area contributed by atoms with Crippen molar-refractivity contribution in [2.75, 3.05) is 6.54 Å². The Bertz CT molecular complexity index is 987. The molecule has 1 fully saturated rings. The largest absolute Gasteiger partial charge is 0.334 e. The van der Waals surface area contributed by atoms with Gasteiger partial charge >= 0.3 is 0 Å². The molecule has 0 saturated carbocycles. The van der Waals surface area contributed by atoms with E-state index in [0.717, 1.165) is 35.4 Å². The normalized spacial score (nSPS) is 16.4. The second-order valence-corrected chi connectivity index (χ2v) is 7.30. The molecule has 2 heterocycles. The van der Waals surface area contributed by atoms with Gasteiger partial charge in [-0.1, -0.05) is 48.5 Å². The van der Waals surface area contributed by atoms with Gasteiger partial charge in [-0.15, -0.1) is 0 Å². The standard InChI is InChI=1S/C24H23FN2O/c1-17-14-20(18-8-3-2-4-9-18)15-22(26-17)23-12-7-13-27(23)24(28)16-19-10-5-6-11-21(19)25/h2-6,8-11,14-15,23H,7,12-13,16H2,1H3/t23-/m0/s1. The highest BCUT2D eigenvalue weighted by Crippen LogP contribution is 2.33. The van der Waals surface area contributed by atoms with E-state index in [1.165, 1.54) is 6.07 Å². The number of rotatable bonds is 4. The molecular formula is C24H23FN2O. The number of pyridine rings is 1. The molecule has 1 saturated heterocycles. The van der Waals surface area contributed by atoms with Gasteiger partial charge in [-0.05, 0) is 54.7 Å². The minimum absolute atomic E-state index is 0.0443. The van der Waals surface area contributed by atoms with E-state index < -0.39 is 0 Å². The fourth-order valence-corrected chi connectivity index (χ4v) is 3.94. The Morgan fingerprint density at radius 1 is 1.07 bits per heavy atom. The van der Waals surface area contributed by atoms with Gasteiger partial charge in [0.1, 0.15) is 5.82 Å². The highest BCUT2D eigenvalue weighted by molar-refractivity contribution is 5.79. The molecule has 1 atom stereocenters. The number of carbonyl (C=O) groups is 1. The third-order valence-electron chi connectivity index (χ3n) is 5.29. The first-order valence-electron chi connectivity index (χ1n) is 9.69. The lowest BCUT2D eigenvalue weighted by Gasteiger charge is -2.25. The molecule has 1 aromatic heterocycles. The first kappa shape index (κ1) is 18.4. The predicted octanol–water partition coefficient (Wildman–Crippen LogP) is 5.10. The van der Waals surface area contributed by atoms with Gasteiger partial charge in [0.2, 0.25) is 5.91 Å². The minimum atomic E-state index is -0.327. The molecule has 1 aliphatic heterocycles. The summed E-state index contributed by atoms with van der Waals surface area (Å²) in [6.45, 7) is 2.67. The van der Waals surface area contributed by atoms with Gasteiger partial charge in [0.15, 0.2) is 0 Å². The number of aryl methyl sites for hydroxylation is 1. The SMILES string of the molecule is Cc1cc(-c2ccccc2)cc([C@@H]2CCCN2C(=O)Cc2ccccc2F)n1. The second kappa shape index (κ2) is 7.93. The summed E-state index contributed by atoms with van der Waals surface area (Å²) in [5.41, 5.74) is 4.54. The Morgan fingerprint density at radius 3 is 2.61 bits per heavy atom. The topological polar surface area (TPSA) is 33.2 Å². The van der Waals surface area contributed by atoms with E-state index in [0.29, 0.717) is 12.1 Å². The van der Waals surface area contributed by atoms with Crippen molar-refractivity contribution in [2.45, 2.75) is 32.2 Å². The Kier molecular flexibility index (Phi) is 5.20. The van der Waals surface area contributed by atoms with Gasteiger partial charge in [-0.3, -0.25) is 9.78 Å². The summed E-state index contributed by atoms with van der Waals surface area (Å²) in [4.78, 5) is 19.5. The van der Waals surface area contributed by atoms with E-state index in [-0.39, 0.29) is 24.2 Å². The van der Waals surface area contributed by atoms with Crippen molar-refractivity contribution in [3.05, 3.63) is 89.5 Å². The zero-order valence-corrected chi connectivity index (χ0v) is 15.9. The zero-order valence-electron chi connectivity index (χ0n) is 15.9. The van der Waals surface area contributed by atoms with Crippen LogP contribution in [-0.2, 0) is 11.2 Å². The fraction of sp³-hybridized carbons (Fsp3) is 0.250. The molecule has 1 aliphatic rings. The number of benzene rings is 2. The Balaban J connectivity index is 1.61. The first-order valence-corrected chi connectivity index (χ1v) is 9.69. The summed E-state index contributed by atoms with van der Waals surface area (Å²) in [5, 5.41) is 0. The summed E-state index contributed by atoms with van der Waals surface area (Å²) in [6.07, 6.45) is 1.90. The van der Waals surface area contributed by atoms with E-state index in [1.54, 1.807) is 18.2 Å². The number of hydrogen-bond acceptors (Lipinski definition) is 2. The van der Waals surface area contributed by atoms with Crippen molar-refractivity contribution < 1.29 is 9.18 Å². The number of amides is 1. The van der Waals surface area contributed by atoms with Crippen LogP contribution in [0.1, 0.15) is 35.8 Å². The highest BCUT2D eigenvalue weighted by atomic mass is 19.1. The number of likely N-dealkylation sites (tertiary alicyclic amines) is 1. The van der Waals surface area contributed by atoms with E-state index >= 15 is 0 Å². The van der Waals surface area contributed by atoms with Crippen molar-refractivity contribution in [2.24, 2.45) is 0 Å². The summed E-state index contributed by atoms with van der Waals surface area (Å²) in [6, 6.07) is 20.8. The van der Waals surface area contributed by atoms with Crippen LogP contribution in [0.4, 0.5) is 4.39 Å². The van der Waals surface area contributed by atoms with Crippen molar-refractivity contribution in [1.29, 1.82) is 0 Å². The number of nitrogens with zero attached hydrogens (tertiary/aromatic N) is 2. The average Bonchev–Trinajstić information content (AvgIpc) is 3.20. The smallest absolute Gasteiger partial charge is 0.227 e. The van der Waals surface area contributed by atoms with Gasteiger partial charge in [0.05, 0.1) is 18.2 Å². The summed E-state index contributed by atoms with van der Waals surface area (Å²) in [7, 11) is 0. The lowest BCUT2D eigenvalue weighted by Crippen LogP contribution is -2.32. The van der Waals surface area contributed by atoms with Gasteiger partial charge in [0.25, 0.3) is 0 Å². The molecule has 2 aromatic carbocycles. The minimum Gasteiger partial charge on any atom is -0.334 e. The number of halogens is 1. The summed E-state index contributed by atoms with van der Waals surface area (Å²) in [5.74, 6) is -0.371. The van der Waals surface area contributed by atoms with Gasteiger partial charge < -0.3 is 4.90 Å². The summed E-state index contributed by atoms with van der Waals surface area (Å²) >= 11 is 0. The van der Waals surface area contributed by atoms with Crippen LogP contribution in [0.15, 0.2) is 66.7 Å². The van der Waals surface area contributed by atoms with E-state index in [4.69, 9.17) is 4.98 Å². The highest BCUT2D eigenvalue weighted by Gasteiger charge is 2.31. The van der Waals surface area contributed by atoms with E-state index in [2.05, 4.69) is 24.3 Å². The first-order chi connectivity index (χ1) is 13.6.